The van der Waals surface area contributed by atoms with Crippen LogP contribution in [-0.2, 0) is 9.59 Å². The van der Waals surface area contributed by atoms with Crippen LogP contribution in [0.1, 0.15) is 59.3 Å². The maximum absolute atomic E-state index is 11.9. The first-order chi connectivity index (χ1) is 11.4. The number of hydrogen-bond acceptors (Lipinski definition) is 2. The lowest BCUT2D eigenvalue weighted by atomic mass is 9.48. The third-order valence-electron chi connectivity index (χ3n) is 8.44. The van der Waals surface area contributed by atoms with Gasteiger partial charge in [-0.05, 0) is 78.3 Å². The van der Waals surface area contributed by atoms with E-state index in [9.17, 15) is 9.59 Å². The smallest absolute Gasteiger partial charge is 0.156 e. The van der Waals surface area contributed by atoms with Gasteiger partial charge in [-0.3, -0.25) is 4.79 Å². The van der Waals surface area contributed by atoms with E-state index in [0.29, 0.717) is 41.3 Å². The highest BCUT2D eigenvalue weighted by Crippen LogP contribution is 2.65. The quantitative estimate of drug-likeness (QED) is 0.687. The van der Waals surface area contributed by atoms with E-state index in [1.807, 2.05) is 6.08 Å². The molecule has 0 bridgehead atoms. The molecule has 0 heterocycles. The summed E-state index contributed by atoms with van der Waals surface area (Å²) >= 11 is 0. The van der Waals surface area contributed by atoms with Crippen LogP contribution in [-0.4, -0.2) is 12.1 Å². The van der Waals surface area contributed by atoms with Crippen molar-refractivity contribution in [3.63, 3.8) is 0 Å². The third-order valence-corrected chi connectivity index (χ3v) is 8.44. The summed E-state index contributed by atoms with van der Waals surface area (Å²) in [5, 5.41) is 0. The van der Waals surface area contributed by atoms with E-state index in [1.165, 1.54) is 37.5 Å². The Morgan fingerprint density at radius 3 is 2.71 bits per heavy atom. The number of carbonyl (C=O) groups excluding carboxylic acids is 2. The second kappa shape index (κ2) is 5.41. The SMILES string of the molecule is C[C@H](C=O)[C@H]1CCC2C3C=CC4=CC(=O)CC[C@]4(C)C3CC[C@@]21C. The molecular weight excluding hydrogens is 296 g/mol. The van der Waals surface area contributed by atoms with Crippen LogP contribution < -0.4 is 0 Å². The van der Waals surface area contributed by atoms with Gasteiger partial charge < -0.3 is 4.79 Å². The van der Waals surface area contributed by atoms with Gasteiger partial charge in [-0.1, -0.05) is 32.9 Å². The Hall–Kier alpha value is -1.18. The molecule has 4 rings (SSSR count). The zero-order chi connectivity index (χ0) is 17.1. The largest absolute Gasteiger partial charge is 0.303 e. The molecule has 0 saturated heterocycles. The highest BCUT2D eigenvalue weighted by Gasteiger charge is 2.58. The van der Waals surface area contributed by atoms with E-state index in [-0.39, 0.29) is 11.3 Å². The number of allylic oxidation sites excluding steroid dienone is 4. The maximum atomic E-state index is 11.9. The first kappa shape index (κ1) is 16.3. The molecule has 0 spiro atoms. The fraction of sp³-hybridized carbons (Fsp3) is 0.727. The number of rotatable bonds is 2. The molecule has 4 aliphatic rings. The molecule has 2 heteroatoms. The fourth-order valence-corrected chi connectivity index (χ4v) is 7.00. The van der Waals surface area contributed by atoms with Crippen LogP contribution in [0.4, 0.5) is 0 Å². The van der Waals surface area contributed by atoms with Crippen LogP contribution in [0, 0.1) is 40.4 Å². The molecule has 130 valence electrons. The molecule has 0 radical (unpaired) electrons. The van der Waals surface area contributed by atoms with Crippen LogP contribution in [0.3, 0.4) is 0 Å². The zero-order valence-corrected chi connectivity index (χ0v) is 15.3. The molecule has 2 fully saturated rings. The fourth-order valence-electron chi connectivity index (χ4n) is 7.00. The lowest BCUT2D eigenvalue weighted by Crippen LogP contribution is -2.49. The van der Waals surface area contributed by atoms with Crippen molar-refractivity contribution in [3.05, 3.63) is 23.8 Å². The van der Waals surface area contributed by atoms with E-state index >= 15 is 0 Å². The number of aldehydes is 1. The predicted molar refractivity (Wildman–Crippen MR) is 95.3 cm³/mol. The van der Waals surface area contributed by atoms with Gasteiger partial charge in [0.25, 0.3) is 0 Å². The first-order valence-electron chi connectivity index (χ1n) is 9.78. The van der Waals surface area contributed by atoms with Crippen molar-refractivity contribution < 1.29 is 9.59 Å². The number of hydrogen-bond donors (Lipinski definition) is 0. The average Bonchev–Trinajstić information content (AvgIpc) is 2.92. The second-order valence-corrected chi connectivity index (χ2v) is 9.36. The molecule has 0 N–H and O–H groups in total. The van der Waals surface area contributed by atoms with Crippen LogP contribution in [0.15, 0.2) is 23.8 Å². The topological polar surface area (TPSA) is 34.1 Å². The summed E-state index contributed by atoms with van der Waals surface area (Å²) < 4.78 is 0. The molecule has 0 aromatic rings. The lowest BCUT2D eigenvalue weighted by Gasteiger charge is -2.56. The molecule has 0 aliphatic heterocycles. The Labute approximate surface area is 145 Å². The van der Waals surface area contributed by atoms with Crippen LogP contribution in [0.2, 0.25) is 0 Å². The Morgan fingerprint density at radius 2 is 1.96 bits per heavy atom. The van der Waals surface area contributed by atoms with Crippen molar-refractivity contribution in [2.45, 2.75) is 59.3 Å². The van der Waals surface area contributed by atoms with Crippen LogP contribution in [0.5, 0.6) is 0 Å². The highest BCUT2D eigenvalue weighted by atomic mass is 16.1. The summed E-state index contributed by atoms with van der Waals surface area (Å²) in [4.78, 5) is 23.3. The lowest BCUT2D eigenvalue weighted by molar-refractivity contribution is -0.116. The predicted octanol–water partition coefficient (Wildman–Crippen LogP) is 4.75. The van der Waals surface area contributed by atoms with Crippen LogP contribution >= 0.6 is 0 Å². The molecule has 7 atom stereocenters. The minimum Gasteiger partial charge on any atom is -0.303 e. The molecule has 2 nitrogen and oxygen atoms in total. The Balaban J connectivity index is 1.70. The summed E-state index contributed by atoms with van der Waals surface area (Å²) in [5.74, 6) is 3.03. The van der Waals surface area contributed by atoms with E-state index in [1.54, 1.807) is 0 Å². The van der Waals surface area contributed by atoms with Crippen molar-refractivity contribution in [1.29, 1.82) is 0 Å². The molecule has 0 amide bonds. The second-order valence-electron chi connectivity index (χ2n) is 9.36. The van der Waals surface area contributed by atoms with E-state index in [2.05, 4.69) is 32.9 Å². The number of fused-ring (bicyclic) bond motifs is 5. The van der Waals surface area contributed by atoms with Gasteiger partial charge in [0.1, 0.15) is 6.29 Å². The van der Waals surface area contributed by atoms with Crippen molar-refractivity contribution in [2.75, 3.05) is 0 Å². The normalized spacial score (nSPS) is 48.1. The summed E-state index contributed by atoms with van der Waals surface area (Å²) in [6, 6.07) is 0. The Morgan fingerprint density at radius 1 is 1.17 bits per heavy atom. The molecule has 4 aliphatic carbocycles. The summed E-state index contributed by atoms with van der Waals surface area (Å²) in [5.41, 5.74) is 1.77. The summed E-state index contributed by atoms with van der Waals surface area (Å²) in [6.45, 7) is 6.97. The van der Waals surface area contributed by atoms with Crippen LogP contribution in [0.25, 0.3) is 0 Å². The number of carbonyl (C=O) groups is 2. The van der Waals surface area contributed by atoms with Gasteiger partial charge in [-0.2, -0.15) is 0 Å². The van der Waals surface area contributed by atoms with Crippen molar-refractivity contribution >= 4 is 12.1 Å². The molecule has 24 heavy (non-hydrogen) atoms. The van der Waals surface area contributed by atoms with Crippen molar-refractivity contribution in [3.8, 4) is 0 Å². The average molecular weight is 326 g/mol. The zero-order valence-electron chi connectivity index (χ0n) is 15.3. The molecule has 2 saturated carbocycles. The van der Waals surface area contributed by atoms with Gasteiger partial charge in [0.15, 0.2) is 5.78 Å². The van der Waals surface area contributed by atoms with E-state index < -0.39 is 0 Å². The van der Waals surface area contributed by atoms with E-state index in [0.717, 1.165) is 6.42 Å². The molecule has 0 aromatic heterocycles. The van der Waals surface area contributed by atoms with Gasteiger partial charge in [0, 0.05) is 12.3 Å². The molecule has 3 unspecified atom stereocenters. The Bertz CT molecular complexity index is 630. The minimum absolute atomic E-state index is 0.183. The van der Waals surface area contributed by atoms with Gasteiger partial charge in [-0.25, -0.2) is 0 Å². The van der Waals surface area contributed by atoms with E-state index in [4.69, 9.17) is 0 Å². The summed E-state index contributed by atoms with van der Waals surface area (Å²) in [7, 11) is 0. The highest BCUT2D eigenvalue weighted by molar-refractivity contribution is 5.92. The molecular formula is C22H30O2. The molecule has 0 aromatic carbocycles. The third kappa shape index (κ3) is 2.07. The standard InChI is InChI=1S/C22H30O2/c1-14(13-23)18-6-7-19-17-5-4-15-12-16(24)8-10-21(15,2)20(17)9-11-22(18,19)3/h4-5,12-14,17-20H,6-11H2,1-3H3/t14-,17?,18-,19?,20?,21+,22-/m1/s1. The van der Waals surface area contributed by atoms with Gasteiger partial charge >= 0.3 is 0 Å². The van der Waals surface area contributed by atoms with Gasteiger partial charge in [0.2, 0.25) is 0 Å². The van der Waals surface area contributed by atoms with Crippen molar-refractivity contribution in [2.24, 2.45) is 40.4 Å². The monoisotopic (exact) mass is 326 g/mol. The summed E-state index contributed by atoms with van der Waals surface area (Å²) in [6.07, 6.45) is 14.5. The number of ketones is 1. The van der Waals surface area contributed by atoms with Gasteiger partial charge in [0.05, 0.1) is 0 Å². The minimum atomic E-state index is 0.183. The Kier molecular flexibility index (Phi) is 3.67. The maximum Gasteiger partial charge on any atom is 0.156 e. The first-order valence-corrected chi connectivity index (χ1v) is 9.78. The van der Waals surface area contributed by atoms with Crippen molar-refractivity contribution in [1.82, 2.24) is 0 Å². The van der Waals surface area contributed by atoms with Gasteiger partial charge in [-0.15, -0.1) is 0 Å².